The van der Waals surface area contributed by atoms with Gasteiger partial charge in [0.05, 0.1) is 22.7 Å². The van der Waals surface area contributed by atoms with Gasteiger partial charge in [-0.15, -0.1) is 0 Å². The SMILES string of the molecule is CCCCc1nc2cc3ccccc3cc2n1Cc1ccc(C#N)cc1. The lowest BCUT2D eigenvalue weighted by Gasteiger charge is -2.10. The van der Waals surface area contributed by atoms with Gasteiger partial charge in [0.15, 0.2) is 0 Å². The first-order valence-electron chi connectivity index (χ1n) is 9.15. The van der Waals surface area contributed by atoms with Crippen molar-refractivity contribution in [3.05, 3.63) is 77.6 Å². The molecule has 1 heterocycles. The van der Waals surface area contributed by atoms with E-state index in [9.17, 15) is 0 Å². The molecule has 0 saturated carbocycles. The standard InChI is InChI=1S/C23H21N3/c1-2-3-8-23-25-21-13-19-6-4-5-7-20(19)14-22(21)26(23)16-18-11-9-17(15-24)10-12-18/h4-7,9-14H,2-3,8,16H2,1H3. The molecule has 3 heteroatoms. The van der Waals surface area contributed by atoms with Crippen molar-refractivity contribution in [2.45, 2.75) is 32.7 Å². The summed E-state index contributed by atoms with van der Waals surface area (Å²) in [5.41, 5.74) is 4.12. The number of benzene rings is 3. The highest BCUT2D eigenvalue weighted by molar-refractivity contribution is 5.95. The fraction of sp³-hybridized carbons (Fsp3) is 0.217. The Morgan fingerprint density at radius 2 is 1.73 bits per heavy atom. The Hall–Kier alpha value is -3.12. The zero-order valence-corrected chi connectivity index (χ0v) is 14.9. The highest BCUT2D eigenvalue weighted by Crippen LogP contribution is 2.25. The summed E-state index contributed by atoms with van der Waals surface area (Å²) < 4.78 is 2.33. The van der Waals surface area contributed by atoms with E-state index in [1.165, 1.54) is 21.9 Å². The number of aryl methyl sites for hydroxylation is 1. The average Bonchev–Trinajstić information content (AvgIpc) is 3.01. The lowest BCUT2D eigenvalue weighted by molar-refractivity contribution is 0.690. The Kier molecular flexibility index (Phi) is 4.41. The van der Waals surface area contributed by atoms with Crippen molar-refractivity contribution >= 4 is 21.8 Å². The van der Waals surface area contributed by atoms with Crippen LogP contribution in [0.3, 0.4) is 0 Å². The molecule has 0 aliphatic heterocycles. The quantitative estimate of drug-likeness (QED) is 0.485. The zero-order chi connectivity index (χ0) is 17.9. The highest BCUT2D eigenvalue weighted by Gasteiger charge is 2.12. The molecule has 0 atom stereocenters. The lowest BCUT2D eigenvalue weighted by Crippen LogP contribution is -2.05. The maximum Gasteiger partial charge on any atom is 0.110 e. The summed E-state index contributed by atoms with van der Waals surface area (Å²) in [5, 5.41) is 11.5. The fourth-order valence-corrected chi connectivity index (χ4v) is 3.43. The molecule has 1 aromatic heterocycles. The topological polar surface area (TPSA) is 41.6 Å². The van der Waals surface area contributed by atoms with Crippen molar-refractivity contribution in [2.75, 3.05) is 0 Å². The minimum Gasteiger partial charge on any atom is -0.323 e. The number of hydrogen-bond acceptors (Lipinski definition) is 2. The number of aromatic nitrogens is 2. The van der Waals surface area contributed by atoms with E-state index >= 15 is 0 Å². The predicted octanol–water partition coefficient (Wildman–Crippen LogP) is 5.45. The van der Waals surface area contributed by atoms with Gasteiger partial charge in [-0.25, -0.2) is 4.98 Å². The van der Waals surface area contributed by atoms with Crippen molar-refractivity contribution in [1.29, 1.82) is 5.26 Å². The molecule has 4 aromatic rings. The van der Waals surface area contributed by atoms with E-state index in [4.69, 9.17) is 10.2 Å². The maximum atomic E-state index is 9.00. The van der Waals surface area contributed by atoms with E-state index in [1.54, 1.807) is 0 Å². The monoisotopic (exact) mass is 339 g/mol. The van der Waals surface area contributed by atoms with Crippen LogP contribution in [0.15, 0.2) is 60.7 Å². The predicted molar refractivity (Wildman–Crippen MR) is 106 cm³/mol. The van der Waals surface area contributed by atoms with Crippen LogP contribution in [0.5, 0.6) is 0 Å². The number of unbranched alkanes of at least 4 members (excludes halogenated alkanes) is 1. The van der Waals surface area contributed by atoms with Crippen LogP contribution >= 0.6 is 0 Å². The molecular weight excluding hydrogens is 318 g/mol. The molecule has 0 N–H and O–H groups in total. The number of nitriles is 1. The molecule has 0 spiro atoms. The van der Waals surface area contributed by atoms with Crippen molar-refractivity contribution in [3.8, 4) is 6.07 Å². The second-order valence-electron chi connectivity index (χ2n) is 6.71. The largest absolute Gasteiger partial charge is 0.323 e. The van der Waals surface area contributed by atoms with Crippen LogP contribution in [0.2, 0.25) is 0 Å². The molecule has 0 bridgehead atoms. The normalized spacial score (nSPS) is 11.1. The second-order valence-corrected chi connectivity index (χ2v) is 6.71. The van der Waals surface area contributed by atoms with Gasteiger partial charge >= 0.3 is 0 Å². The molecule has 128 valence electrons. The van der Waals surface area contributed by atoms with Crippen LogP contribution in [0, 0.1) is 11.3 Å². The fourth-order valence-electron chi connectivity index (χ4n) is 3.43. The average molecular weight is 339 g/mol. The molecule has 0 fully saturated rings. The summed E-state index contributed by atoms with van der Waals surface area (Å²) in [6.45, 7) is 2.99. The third-order valence-corrected chi connectivity index (χ3v) is 4.87. The number of fused-ring (bicyclic) bond motifs is 2. The minimum atomic E-state index is 0.696. The van der Waals surface area contributed by atoms with Gasteiger partial charge in [-0.2, -0.15) is 5.26 Å². The summed E-state index contributed by atoms with van der Waals surface area (Å²) in [4.78, 5) is 4.94. The second kappa shape index (κ2) is 7.01. The first-order chi connectivity index (χ1) is 12.8. The van der Waals surface area contributed by atoms with Gasteiger partial charge in [0, 0.05) is 13.0 Å². The smallest absolute Gasteiger partial charge is 0.110 e. The first-order valence-corrected chi connectivity index (χ1v) is 9.15. The van der Waals surface area contributed by atoms with Gasteiger partial charge in [0.2, 0.25) is 0 Å². The molecule has 3 aromatic carbocycles. The van der Waals surface area contributed by atoms with Crippen LogP contribution in [-0.2, 0) is 13.0 Å². The van der Waals surface area contributed by atoms with Crippen molar-refractivity contribution in [3.63, 3.8) is 0 Å². The van der Waals surface area contributed by atoms with Crippen molar-refractivity contribution in [1.82, 2.24) is 9.55 Å². The first kappa shape index (κ1) is 16.4. The van der Waals surface area contributed by atoms with Crippen LogP contribution in [0.25, 0.3) is 21.8 Å². The van der Waals surface area contributed by atoms with Crippen LogP contribution in [0.4, 0.5) is 0 Å². The van der Waals surface area contributed by atoms with Gasteiger partial charge in [0.25, 0.3) is 0 Å². The number of rotatable bonds is 5. The van der Waals surface area contributed by atoms with Crippen LogP contribution in [-0.4, -0.2) is 9.55 Å². The van der Waals surface area contributed by atoms with E-state index in [0.717, 1.165) is 37.1 Å². The van der Waals surface area contributed by atoms with Crippen molar-refractivity contribution in [2.24, 2.45) is 0 Å². The third-order valence-electron chi connectivity index (χ3n) is 4.87. The third kappa shape index (κ3) is 3.07. The van der Waals surface area contributed by atoms with Gasteiger partial charge in [-0.3, -0.25) is 0 Å². The summed E-state index contributed by atoms with van der Waals surface area (Å²) >= 11 is 0. The number of hydrogen-bond donors (Lipinski definition) is 0. The van der Waals surface area contributed by atoms with Gasteiger partial charge in [-0.05, 0) is 47.0 Å². The Morgan fingerprint density at radius 3 is 2.42 bits per heavy atom. The Labute approximate surface area is 153 Å². The molecule has 4 rings (SSSR count). The van der Waals surface area contributed by atoms with Gasteiger partial charge < -0.3 is 4.57 Å². The van der Waals surface area contributed by atoms with E-state index in [2.05, 4.69) is 54.0 Å². The molecule has 0 aliphatic carbocycles. The van der Waals surface area contributed by atoms with Gasteiger partial charge in [-0.1, -0.05) is 49.7 Å². The number of nitrogens with zero attached hydrogens (tertiary/aromatic N) is 3. The summed E-state index contributed by atoms with van der Waals surface area (Å²) in [7, 11) is 0. The van der Waals surface area contributed by atoms with E-state index < -0.39 is 0 Å². The molecule has 0 aliphatic rings. The Morgan fingerprint density at radius 1 is 1.00 bits per heavy atom. The molecule has 0 saturated heterocycles. The van der Waals surface area contributed by atoms with Crippen LogP contribution in [0.1, 0.15) is 36.7 Å². The molecule has 0 amide bonds. The van der Waals surface area contributed by atoms with E-state index in [1.807, 2.05) is 24.3 Å². The molecular formula is C23H21N3. The molecule has 0 unspecified atom stereocenters. The van der Waals surface area contributed by atoms with E-state index in [0.29, 0.717) is 5.56 Å². The lowest BCUT2D eigenvalue weighted by atomic mass is 10.1. The molecule has 3 nitrogen and oxygen atoms in total. The number of imidazole rings is 1. The van der Waals surface area contributed by atoms with Gasteiger partial charge in [0.1, 0.15) is 5.82 Å². The summed E-state index contributed by atoms with van der Waals surface area (Å²) in [6.07, 6.45) is 3.27. The summed E-state index contributed by atoms with van der Waals surface area (Å²) in [6, 6.07) is 22.9. The van der Waals surface area contributed by atoms with Crippen LogP contribution < -0.4 is 0 Å². The minimum absolute atomic E-state index is 0.696. The molecule has 26 heavy (non-hydrogen) atoms. The highest BCUT2D eigenvalue weighted by atomic mass is 15.1. The summed E-state index contributed by atoms with van der Waals surface area (Å²) in [5.74, 6) is 1.14. The van der Waals surface area contributed by atoms with E-state index in [-0.39, 0.29) is 0 Å². The zero-order valence-electron chi connectivity index (χ0n) is 14.9. The van der Waals surface area contributed by atoms with Crippen molar-refractivity contribution < 1.29 is 0 Å². The Bertz CT molecular complexity index is 1100. The molecule has 0 radical (unpaired) electrons. The Balaban J connectivity index is 1.82. The maximum absolute atomic E-state index is 9.00.